The Morgan fingerprint density at radius 1 is 1.33 bits per heavy atom. The Hall–Kier alpha value is -0.950. The summed E-state index contributed by atoms with van der Waals surface area (Å²) in [7, 11) is -1.86. The Labute approximate surface area is 127 Å². The monoisotopic (exact) mass is 312 g/mol. The smallest absolute Gasteiger partial charge is 0.242 e. The average molecular weight is 312 g/mol. The highest BCUT2D eigenvalue weighted by molar-refractivity contribution is 7.89. The van der Waals surface area contributed by atoms with Gasteiger partial charge in [0.25, 0.3) is 0 Å². The van der Waals surface area contributed by atoms with Crippen LogP contribution in [0.2, 0.25) is 0 Å². The molecule has 1 aliphatic rings. The molecule has 5 nitrogen and oxygen atoms in total. The lowest BCUT2D eigenvalue weighted by Gasteiger charge is -2.27. The van der Waals surface area contributed by atoms with Crippen LogP contribution in [0.5, 0.6) is 0 Å². The fourth-order valence-corrected chi connectivity index (χ4v) is 3.66. The highest BCUT2D eigenvalue weighted by Gasteiger charge is 2.25. The third-order valence-electron chi connectivity index (χ3n) is 3.85. The van der Waals surface area contributed by atoms with Gasteiger partial charge < -0.3 is 10.5 Å². The molecule has 0 saturated carbocycles. The van der Waals surface area contributed by atoms with Gasteiger partial charge in [0.1, 0.15) is 0 Å². The molecule has 2 unspecified atom stereocenters. The van der Waals surface area contributed by atoms with Gasteiger partial charge in [-0.25, -0.2) is 8.42 Å². The SMILES string of the molecule is CC(N)c1ccc(S(=O)(=O)N(C)CC2CCCCO2)cc1. The Morgan fingerprint density at radius 2 is 2.00 bits per heavy atom. The minimum absolute atomic E-state index is 0.00172. The minimum atomic E-state index is -3.47. The van der Waals surface area contributed by atoms with Crippen LogP contribution in [0.25, 0.3) is 0 Å². The van der Waals surface area contributed by atoms with E-state index in [-0.39, 0.29) is 12.1 Å². The number of rotatable bonds is 5. The van der Waals surface area contributed by atoms with Crippen LogP contribution in [0.4, 0.5) is 0 Å². The van der Waals surface area contributed by atoms with Crippen LogP contribution in [0.3, 0.4) is 0 Å². The third-order valence-corrected chi connectivity index (χ3v) is 5.69. The molecule has 0 spiro atoms. The zero-order valence-corrected chi connectivity index (χ0v) is 13.5. The van der Waals surface area contributed by atoms with Crippen molar-refractivity contribution in [2.24, 2.45) is 5.73 Å². The van der Waals surface area contributed by atoms with Gasteiger partial charge in [-0.05, 0) is 43.9 Å². The first-order valence-electron chi connectivity index (χ1n) is 7.35. The van der Waals surface area contributed by atoms with Gasteiger partial charge in [-0.15, -0.1) is 0 Å². The van der Waals surface area contributed by atoms with Crippen LogP contribution in [0, 0.1) is 0 Å². The van der Waals surface area contributed by atoms with Crippen molar-refractivity contribution < 1.29 is 13.2 Å². The number of hydrogen-bond acceptors (Lipinski definition) is 4. The predicted molar refractivity (Wildman–Crippen MR) is 82.5 cm³/mol. The largest absolute Gasteiger partial charge is 0.377 e. The van der Waals surface area contributed by atoms with Crippen LogP contribution in [-0.4, -0.2) is 39.0 Å². The van der Waals surface area contributed by atoms with Crippen LogP contribution in [0.15, 0.2) is 29.2 Å². The van der Waals surface area contributed by atoms with Crippen LogP contribution >= 0.6 is 0 Å². The molecule has 2 atom stereocenters. The Balaban J connectivity index is 2.08. The maximum atomic E-state index is 12.5. The maximum Gasteiger partial charge on any atom is 0.242 e. The normalized spacial score (nSPS) is 21.4. The summed E-state index contributed by atoms with van der Waals surface area (Å²) < 4.78 is 32.0. The molecular formula is C15H24N2O3S. The zero-order valence-electron chi connectivity index (χ0n) is 12.7. The second-order valence-corrected chi connectivity index (χ2v) is 7.68. The van der Waals surface area contributed by atoms with E-state index in [9.17, 15) is 8.42 Å². The average Bonchev–Trinajstić information content (AvgIpc) is 2.48. The highest BCUT2D eigenvalue weighted by atomic mass is 32.2. The molecule has 1 saturated heterocycles. The molecule has 2 rings (SSSR count). The molecule has 0 aliphatic carbocycles. The topological polar surface area (TPSA) is 72.6 Å². The Morgan fingerprint density at radius 3 is 2.52 bits per heavy atom. The van der Waals surface area contributed by atoms with Crippen molar-refractivity contribution in [1.29, 1.82) is 0 Å². The third kappa shape index (κ3) is 4.03. The van der Waals surface area contributed by atoms with Gasteiger partial charge in [-0.2, -0.15) is 4.31 Å². The number of benzene rings is 1. The lowest BCUT2D eigenvalue weighted by molar-refractivity contribution is 0.00858. The summed E-state index contributed by atoms with van der Waals surface area (Å²) in [5, 5.41) is 0. The number of likely N-dealkylation sites (N-methyl/N-ethyl adjacent to an activating group) is 1. The zero-order chi connectivity index (χ0) is 15.5. The van der Waals surface area contributed by atoms with Crippen LogP contribution < -0.4 is 5.73 Å². The highest BCUT2D eigenvalue weighted by Crippen LogP contribution is 2.20. The van der Waals surface area contributed by atoms with E-state index >= 15 is 0 Å². The van der Waals surface area contributed by atoms with Crippen molar-refractivity contribution in [1.82, 2.24) is 4.31 Å². The van der Waals surface area contributed by atoms with E-state index in [1.807, 2.05) is 6.92 Å². The van der Waals surface area contributed by atoms with E-state index in [4.69, 9.17) is 10.5 Å². The van der Waals surface area contributed by atoms with Gasteiger partial charge in [-0.1, -0.05) is 12.1 Å². The van der Waals surface area contributed by atoms with Gasteiger partial charge in [0, 0.05) is 26.2 Å². The first kappa shape index (κ1) is 16.4. The first-order valence-corrected chi connectivity index (χ1v) is 8.79. The lowest BCUT2D eigenvalue weighted by Crippen LogP contribution is -2.37. The molecule has 0 bridgehead atoms. The number of ether oxygens (including phenoxy) is 1. The molecule has 0 radical (unpaired) electrons. The molecule has 1 aromatic carbocycles. The summed E-state index contributed by atoms with van der Waals surface area (Å²) in [5.74, 6) is 0. The quantitative estimate of drug-likeness (QED) is 0.901. The first-order chi connectivity index (χ1) is 9.91. The van der Waals surface area contributed by atoms with Crippen LogP contribution in [0.1, 0.15) is 37.8 Å². The second kappa shape index (κ2) is 6.87. The van der Waals surface area contributed by atoms with Crippen molar-refractivity contribution in [2.45, 2.75) is 43.2 Å². The van der Waals surface area contributed by atoms with Gasteiger partial charge >= 0.3 is 0 Å². The number of nitrogens with two attached hydrogens (primary N) is 1. The molecule has 118 valence electrons. The molecule has 0 aromatic heterocycles. The molecule has 1 aromatic rings. The molecule has 1 fully saturated rings. The fraction of sp³-hybridized carbons (Fsp3) is 0.600. The summed E-state index contributed by atoms with van der Waals surface area (Å²) >= 11 is 0. The molecule has 21 heavy (non-hydrogen) atoms. The Bertz CT molecular complexity index is 549. The molecule has 1 heterocycles. The van der Waals surface area contributed by atoms with E-state index in [2.05, 4.69) is 0 Å². The molecule has 2 N–H and O–H groups in total. The lowest BCUT2D eigenvalue weighted by atomic mass is 10.1. The van der Waals surface area contributed by atoms with Crippen molar-refractivity contribution >= 4 is 10.0 Å². The molecular weight excluding hydrogens is 288 g/mol. The van der Waals surface area contributed by atoms with E-state index in [0.717, 1.165) is 31.4 Å². The predicted octanol–water partition coefficient (Wildman–Crippen LogP) is 1.90. The number of hydrogen-bond donors (Lipinski definition) is 1. The van der Waals surface area contributed by atoms with E-state index in [1.165, 1.54) is 4.31 Å². The summed E-state index contributed by atoms with van der Waals surface area (Å²) in [6.45, 7) is 3.00. The molecule has 6 heteroatoms. The summed E-state index contributed by atoms with van der Waals surface area (Å²) in [6.07, 6.45) is 3.08. The van der Waals surface area contributed by atoms with Gasteiger partial charge in [0.15, 0.2) is 0 Å². The van der Waals surface area contributed by atoms with Crippen molar-refractivity contribution in [3.8, 4) is 0 Å². The molecule has 1 aliphatic heterocycles. The van der Waals surface area contributed by atoms with Gasteiger partial charge in [-0.3, -0.25) is 0 Å². The van der Waals surface area contributed by atoms with Crippen molar-refractivity contribution in [3.05, 3.63) is 29.8 Å². The van der Waals surface area contributed by atoms with Gasteiger partial charge in [0.2, 0.25) is 10.0 Å². The van der Waals surface area contributed by atoms with E-state index < -0.39 is 10.0 Å². The van der Waals surface area contributed by atoms with Crippen molar-refractivity contribution in [3.63, 3.8) is 0 Å². The minimum Gasteiger partial charge on any atom is -0.377 e. The van der Waals surface area contributed by atoms with Crippen LogP contribution in [-0.2, 0) is 14.8 Å². The fourth-order valence-electron chi connectivity index (χ4n) is 2.46. The second-order valence-electron chi connectivity index (χ2n) is 5.63. The van der Waals surface area contributed by atoms with Crippen molar-refractivity contribution in [2.75, 3.05) is 20.2 Å². The number of nitrogens with zero attached hydrogens (tertiary/aromatic N) is 1. The Kier molecular flexibility index (Phi) is 5.37. The number of sulfonamides is 1. The van der Waals surface area contributed by atoms with E-state index in [1.54, 1.807) is 31.3 Å². The van der Waals surface area contributed by atoms with E-state index in [0.29, 0.717) is 11.4 Å². The summed E-state index contributed by atoms with van der Waals surface area (Å²) in [4.78, 5) is 0.296. The molecule has 0 amide bonds. The summed E-state index contributed by atoms with van der Waals surface area (Å²) in [6, 6.07) is 6.67. The standard InChI is InChI=1S/C15H24N2O3S/c1-12(16)13-6-8-15(9-7-13)21(18,19)17(2)11-14-5-3-4-10-20-14/h6-9,12,14H,3-5,10-11,16H2,1-2H3. The summed E-state index contributed by atoms with van der Waals surface area (Å²) in [5.41, 5.74) is 6.70. The van der Waals surface area contributed by atoms with Gasteiger partial charge in [0.05, 0.1) is 11.0 Å². The maximum absolute atomic E-state index is 12.5.